The maximum absolute atomic E-state index is 10.8. The van der Waals surface area contributed by atoms with E-state index >= 15 is 0 Å². The Bertz CT molecular complexity index is 370. The summed E-state index contributed by atoms with van der Waals surface area (Å²) >= 11 is 0. The Morgan fingerprint density at radius 1 is 1.23 bits per heavy atom. The SMILES string of the molecule is CC1(c2ccc(C(N)=O)cc2)C=C1. The second-order valence-electron chi connectivity index (χ2n) is 3.56. The predicted octanol–water partition coefficient (Wildman–Crippen LogP) is 1.61. The molecule has 1 aliphatic rings. The molecule has 1 amide bonds. The van der Waals surface area contributed by atoms with Gasteiger partial charge in [-0.25, -0.2) is 0 Å². The van der Waals surface area contributed by atoms with Crippen molar-refractivity contribution in [3.63, 3.8) is 0 Å². The minimum absolute atomic E-state index is 0.121. The molecule has 13 heavy (non-hydrogen) atoms. The molecule has 0 saturated heterocycles. The van der Waals surface area contributed by atoms with Crippen LogP contribution in [0.15, 0.2) is 36.4 Å². The van der Waals surface area contributed by atoms with Gasteiger partial charge in [0, 0.05) is 11.0 Å². The summed E-state index contributed by atoms with van der Waals surface area (Å²) in [6.07, 6.45) is 4.26. The second-order valence-corrected chi connectivity index (χ2v) is 3.56. The molecule has 0 unspecified atom stereocenters. The van der Waals surface area contributed by atoms with Gasteiger partial charge in [-0.05, 0) is 24.6 Å². The van der Waals surface area contributed by atoms with E-state index in [1.807, 2.05) is 12.1 Å². The van der Waals surface area contributed by atoms with E-state index in [0.29, 0.717) is 5.56 Å². The number of amides is 1. The molecule has 0 spiro atoms. The van der Waals surface area contributed by atoms with Crippen LogP contribution in [0.2, 0.25) is 0 Å². The van der Waals surface area contributed by atoms with Crippen LogP contribution in [-0.4, -0.2) is 5.91 Å². The van der Waals surface area contributed by atoms with Crippen molar-refractivity contribution in [1.82, 2.24) is 0 Å². The molecule has 2 rings (SSSR count). The van der Waals surface area contributed by atoms with Gasteiger partial charge >= 0.3 is 0 Å². The molecule has 0 aliphatic heterocycles. The lowest BCUT2D eigenvalue weighted by molar-refractivity contribution is 0.100. The molecule has 0 heterocycles. The van der Waals surface area contributed by atoms with Gasteiger partial charge in [0.15, 0.2) is 0 Å². The van der Waals surface area contributed by atoms with E-state index in [0.717, 1.165) is 0 Å². The van der Waals surface area contributed by atoms with Crippen molar-refractivity contribution in [2.45, 2.75) is 12.3 Å². The maximum atomic E-state index is 10.8. The minimum Gasteiger partial charge on any atom is -0.366 e. The Morgan fingerprint density at radius 3 is 2.15 bits per heavy atom. The van der Waals surface area contributed by atoms with Crippen molar-refractivity contribution in [2.75, 3.05) is 0 Å². The fraction of sp³-hybridized carbons (Fsp3) is 0.182. The minimum atomic E-state index is -0.375. The van der Waals surface area contributed by atoms with Crippen LogP contribution >= 0.6 is 0 Å². The van der Waals surface area contributed by atoms with Gasteiger partial charge in [0.25, 0.3) is 0 Å². The lowest BCUT2D eigenvalue weighted by atomic mass is 9.95. The quantitative estimate of drug-likeness (QED) is 0.678. The smallest absolute Gasteiger partial charge is 0.248 e. The molecule has 0 fully saturated rings. The van der Waals surface area contributed by atoms with Crippen LogP contribution in [0.3, 0.4) is 0 Å². The Labute approximate surface area is 77.1 Å². The molecule has 2 heteroatoms. The zero-order valence-electron chi connectivity index (χ0n) is 7.45. The first kappa shape index (κ1) is 8.05. The van der Waals surface area contributed by atoms with Crippen molar-refractivity contribution >= 4 is 5.91 Å². The number of carbonyl (C=O) groups is 1. The van der Waals surface area contributed by atoms with Crippen LogP contribution in [0, 0.1) is 0 Å². The first-order valence-corrected chi connectivity index (χ1v) is 4.22. The molecule has 1 aliphatic carbocycles. The van der Waals surface area contributed by atoms with Crippen molar-refractivity contribution < 1.29 is 4.79 Å². The third-order valence-electron chi connectivity index (χ3n) is 2.46. The summed E-state index contributed by atoms with van der Waals surface area (Å²) in [5.74, 6) is -0.375. The lowest BCUT2D eigenvalue weighted by Crippen LogP contribution is -2.11. The highest BCUT2D eigenvalue weighted by molar-refractivity contribution is 5.92. The highest BCUT2D eigenvalue weighted by atomic mass is 16.1. The summed E-state index contributed by atoms with van der Waals surface area (Å²) in [6, 6.07) is 7.42. The number of hydrogen-bond acceptors (Lipinski definition) is 1. The van der Waals surface area contributed by atoms with Crippen LogP contribution in [-0.2, 0) is 5.41 Å². The van der Waals surface area contributed by atoms with E-state index < -0.39 is 0 Å². The summed E-state index contributed by atoms with van der Waals surface area (Å²) in [4.78, 5) is 10.8. The normalized spacial score (nSPS) is 17.0. The van der Waals surface area contributed by atoms with Gasteiger partial charge in [-0.1, -0.05) is 24.3 Å². The van der Waals surface area contributed by atoms with Gasteiger partial charge in [-0.3, -0.25) is 4.79 Å². The monoisotopic (exact) mass is 173 g/mol. The molecule has 0 atom stereocenters. The molecule has 0 aromatic heterocycles. The van der Waals surface area contributed by atoms with E-state index in [1.54, 1.807) is 12.1 Å². The third kappa shape index (κ3) is 1.35. The Morgan fingerprint density at radius 2 is 1.77 bits per heavy atom. The molecule has 1 aromatic rings. The number of allylic oxidation sites excluding steroid dienone is 2. The summed E-state index contributed by atoms with van der Waals surface area (Å²) in [6.45, 7) is 2.13. The largest absolute Gasteiger partial charge is 0.366 e. The van der Waals surface area contributed by atoms with E-state index in [2.05, 4.69) is 19.1 Å². The molecule has 2 N–H and O–H groups in total. The first-order chi connectivity index (χ1) is 6.12. The Kier molecular flexibility index (Phi) is 1.52. The van der Waals surface area contributed by atoms with Gasteiger partial charge in [0.05, 0.1) is 0 Å². The van der Waals surface area contributed by atoms with Crippen LogP contribution in [0.4, 0.5) is 0 Å². The summed E-state index contributed by atoms with van der Waals surface area (Å²) in [5.41, 5.74) is 7.02. The summed E-state index contributed by atoms with van der Waals surface area (Å²) in [7, 11) is 0. The van der Waals surface area contributed by atoms with Crippen LogP contribution in [0.1, 0.15) is 22.8 Å². The molecule has 1 aromatic carbocycles. The van der Waals surface area contributed by atoms with Crippen LogP contribution in [0.5, 0.6) is 0 Å². The van der Waals surface area contributed by atoms with Crippen LogP contribution < -0.4 is 5.73 Å². The average Bonchev–Trinajstić information content (AvgIpc) is 2.85. The zero-order chi connectivity index (χ0) is 9.47. The molecular weight excluding hydrogens is 162 g/mol. The second kappa shape index (κ2) is 2.46. The van der Waals surface area contributed by atoms with E-state index in [1.165, 1.54) is 5.56 Å². The number of rotatable bonds is 2. The fourth-order valence-corrected chi connectivity index (χ4v) is 1.31. The van der Waals surface area contributed by atoms with Crippen molar-refractivity contribution in [2.24, 2.45) is 5.73 Å². The summed E-state index contributed by atoms with van der Waals surface area (Å²) < 4.78 is 0. The highest BCUT2D eigenvalue weighted by Gasteiger charge is 2.29. The third-order valence-corrected chi connectivity index (χ3v) is 2.46. The van der Waals surface area contributed by atoms with Gasteiger partial charge in [0.2, 0.25) is 5.91 Å². The molecular formula is C11H11NO. The Balaban J connectivity index is 2.29. The van der Waals surface area contributed by atoms with Gasteiger partial charge in [-0.2, -0.15) is 0 Å². The Hall–Kier alpha value is -1.57. The number of hydrogen-bond donors (Lipinski definition) is 1. The molecule has 0 bridgehead atoms. The fourth-order valence-electron chi connectivity index (χ4n) is 1.31. The lowest BCUT2D eigenvalue weighted by Gasteiger charge is -2.09. The first-order valence-electron chi connectivity index (χ1n) is 4.22. The average molecular weight is 173 g/mol. The maximum Gasteiger partial charge on any atom is 0.248 e. The number of benzene rings is 1. The standard InChI is InChI=1S/C11H11NO/c1-11(6-7-11)9-4-2-8(3-5-9)10(12)13/h2-7H,1H3,(H2,12,13). The zero-order valence-corrected chi connectivity index (χ0v) is 7.45. The number of nitrogens with two attached hydrogens (primary N) is 1. The number of carbonyl (C=O) groups excluding carboxylic acids is 1. The topological polar surface area (TPSA) is 43.1 Å². The molecule has 66 valence electrons. The van der Waals surface area contributed by atoms with Crippen molar-refractivity contribution in [1.29, 1.82) is 0 Å². The van der Waals surface area contributed by atoms with Gasteiger partial charge < -0.3 is 5.73 Å². The van der Waals surface area contributed by atoms with Gasteiger partial charge in [-0.15, -0.1) is 0 Å². The van der Waals surface area contributed by atoms with Crippen molar-refractivity contribution in [3.05, 3.63) is 47.5 Å². The van der Waals surface area contributed by atoms with Crippen molar-refractivity contribution in [3.8, 4) is 0 Å². The molecule has 0 radical (unpaired) electrons. The molecule has 0 saturated carbocycles. The molecule has 2 nitrogen and oxygen atoms in total. The summed E-state index contributed by atoms with van der Waals surface area (Å²) in [5, 5.41) is 0. The van der Waals surface area contributed by atoms with Crippen LogP contribution in [0.25, 0.3) is 0 Å². The highest BCUT2D eigenvalue weighted by Crippen LogP contribution is 2.37. The van der Waals surface area contributed by atoms with Gasteiger partial charge in [0.1, 0.15) is 0 Å². The van der Waals surface area contributed by atoms with E-state index in [4.69, 9.17) is 5.73 Å². The number of primary amides is 1. The van der Waals surface area contributed by atoms with E-state index in [-0.39, 0.29) is 11.3 Å². The predicted molar refractivity (Wildman–Crippen MR) is 51.5 cm³/mol. The van der Waals surface area contributed by atoms with E-state index in [9.17, 15) is 4.79 Å².